The van der Waals surface area contributed by atoms with Gasteiger partial charge in [0.25, 0.3) is 18.2 Å². The number of unbranched alkanes of at least 4 members (excludes halogenated alkanes) is 3. The number of benzene rings is 3. The van der Waals surface area contributed by atoms with Gasteiger partial charge in [-0.15, -0.1) is 0 Å². The van der Waals surface area contributed by atoms with Crippen LogP contribution in [0, 0.1) is 5.92 Å². The van der Waals surface area contributed by atoms with E-state index in [-0.39, 0.29) is 60.9 Å². The Morgan fingerprint density at radius 3 is 2.14 bits per heavy atom. The topological polar surface area (TPSA) is 440 Å². The molecule has 3 aromatic carbocycles. The Morgan fingerprint density at radius 2 is 1.45 bits per heavy atom. The third kappa shape index (κ3) is 20.9. The lowest BCUT2D eigenvalue weighted by atomic mass is 9.98. The van der Waals surface area contributed by atoms with E-state index in [1.54, 1.807) is 36.9 Å². The molecule has 106 heavy (non-hydrogen) atoms. The maximum Gasteiger partial charge on any atom is 0.261 e. The standard InChI is InChI=1S/C71H99N13O20S2/c1-40-37-82-61(62(40)91)67(96)73-36-48(86)34-51(74-63(92)44-13-11-43(12-14-44)52-39-83-71(75-52)105-68(79-83)45-15-17-47(18-16-45)80-26-21-50(22-27-80)101-31-9-7-6-8-30-100-5)64(93)76-58(41(2)85)69(97)81-38-49(87)35-53(81)65(94)77-59(56(90)32-42-10-19-54(88)57(33-42)102-106-104-103-99)66(95)78-60(70(82)98)55(89)20-25-72-46-23-28-84(3,4)29-24-46/h10-19,33,39-41,46,48-51,53,55-56,58-62,72,85-87,89-91H,6-9,20-32,34-38H2,1-5H3,(H6-,73,74,76,77,78,88,92,93,94,95,96,99)/p+1/t40-,41+,48+,49+,51+,53+,55-,56-,58+,59+,60+,61+,62+/m1/s1. The summed E-state index contributed by atoms with van der Waals surface area (Å²) < 4.78 is 23.3. The summed E-state index contributed by atoms with van der Waals surface area (Å²) >= 11 is 1.50. The second-order valence-electron chi connectivity index (χ2n) is 28.8. The fourth-order valence-corrected chi connectivity index (χ4v) is 15.3. The van der Waals surface area contributed by atoms with Crippen molar-refractivity contribution in [3.63, 3.8) is 0 Å². The van der Waals surface area contributed by atoms with Crippen LogP contribution in [0.2, 0.25) is 0 Å². The predicted molar refractivity (Wildman–Crippen MR) is 387 cm³/mol. The minimum Gasteiger partial charge on any atom is -0.504 e. The number of aromatic nitrogens is 3. The van der Waals surface area contributed by atoms with Crippen LogP contribution in [0.25, 0.3) is 26.8 Å². The first-order valence-corrected chi connectivity index (χ1v) is 37.6. The number of quaternary nitrogens is 1. The van der Waals surface area contributed by atoms with Gasteiger partial charge in [0, 0.05) is 119 Å². The maximum atomic E-state index is 15.2. The number of phenols is 1. The lowest BCUT2D eigenvalue weighted by molar-refractivity contribution is -0.895. The molecule has 0 saturated carbocycles. The predicted octanol–water partition coefficient (Wildman–Crippen LogP) is 0.553. The number of fused-ring (bicyclic) bond motifs is 3. The number of imidazole rings is 1. The summed E-state index contributed by atoms with van der Waals surface area (Å²) in [6, 6.07) is 7.13. The highest BCUT2D eigenvalue weighted by Crippen LogP contribution is 2.34. The number of methoxy groups -OCH3 is 1. The molecule has 580 valence electrons. The first-order chi connectivity index (χ1) is 50.8. The van der Waals surface area contributed by atoms with E-state index in [9.17, 15) is 59.7 Å². The summed E-state index contributed by atoms with van der Waals surface area (Å²) in [5.41, 5.74) is 3.38. The number of aromatic hydroxyl groups is 1. The van der Waals surface area contributed by atoms with Crippen molar-refractivity contribution in [1.82, 2.24) is 56.3 Å². The number of hydrogen-bond acceptors (Lipinski definition) is 26. The van der Waals surface area contributed by atoms with Crippen molar-refractivity contribution in [2.75, 3.05) is 91.7 Å². The molecule has 5 aliphatic heterocycles. The highest BCUT2D eigenvalue weighted by molar-refractivity contribution is 7.90. The number of carbonyl (C=O) groups excluding carboxylic acids is 7. The molecule has 35 heteroatoms. The minimum atomic E-state index is -2.10. The zero-order valence-electron chi connectivity index (χ0n) is 60.1. The molecule has 0 bridgehead atoms. The van der Waals surface area contributed by atoms with E-state index in [1.807, 2.05) is 12.1 Å². The number of rotatable bonds is 26. The molecule has 7 heterocycles. The van der Waals surface area contributed by atoms with Gasteiger partial charge in [0.2, 0.25) is 40.4 Å². The molecule has 5 fully saturated rings. The lowest BCUT2D eigenvalue weighted by Gasteiger charge is -2.37. The van der Waals surface area contributed by atoms with Crippen molar-refractivity contribution in [3.05, 3.63) is 84.1 Å². The van der Waals surface area contributed by atoms with Crippen LogP contribution in [0.15, 0.2) is 72.9 Å². The molecule has 0 radical (unpaired) electrons. The molecule has 14 N–H and O–H groups in total. The Labute approximate surface area is 622 Å². The summed E-state index contributed by atoms with van der Waals surface area (Å²) in [7, 11) is 5.96. The molecule has 10 rings (SSSR count). The van der Waals surface area contributed by atoms with Gasteiger partial charge in [-0.3, -0.25) is 33.6 Å². The number of amides is 7. The SMILES string of the molecule is COCCCCCCOC1CCN(c2ccc(-c3nn4cc(-c5ccc(C(=O)N[C@H]6C[C@H](O)CNC(=O)[C@@H]7[C@@H](O)[C@H](C)CN7C(=O)[C@H]([C@H](O)CCNC7CC[N+](C)(C)CC7)NC(=O)[C@H]([C@H](O)Cc7ccc(O)c(OSOOO)c7)NC(=O)[C@@H]7C[C@H](O)CN7C(=O)[C@H]([C@H](C)O)NC6=O)cc5)nc4s3)cc2)CC1. The molecule has 0 spiro atoms. The van der Waals surface area contributed by atoms with Crippen LogP contribution in [-0.4, -0.2) is 283 Å². The Balaban J connectivity index is 0.871. The zero-order chi connectivity index (χ0) is 75.9. The highest BCUT2D eigenvalue weighted by Gasteiger charge is 2.50. The van der Waals surface area contributed by atoms with Gasteiger partial charge >= 0.3 is 0 Å². The van der Waals surface area contributed by atoms with Crippen LogP contribution < -0.4 is 41.0 Å². The minimum absolute atomic E-state index is 0.0334. The number of phenolic OH excluding ortho intramolecular Hbond substituents is 1. The molecule has 2 aromatic heterocycles. The second kappa shape index (κ2) is 37.4. The molecule has 5 aromatic rings. The van der Waals surface area contributed by atoms with Gasteiger partial charge in [0.05, 0.1) is 81.8 Å². The van der Waals surface area contributed by atoms with Crippen LogP contribution in [0.3, 0.4) is 0 Å². The van der Waals surface area contributed by atoms with Gasteiger partial charge in [0.1, 0.15) is 41.3 Å². The number of ether oxygens (including phenoxy) is 2. The van der Waals surface area contributed by atoms with Gasteiger partial charge in [-0.05, 0) is 99.7 Å². The Hall–Kier alpha value is -7.72. The summed E-state index contributed by atoms with van der Waals surface area (Å²) in [6.07, 6.45) is -2.04. The van der Waals surface area contributed by atoms with E-state index in [1.165, 1.54) is 35.6 Å². The van der Waals surface area contributed by atoms with Crippen molar-refractivity contribution < 1.29 is 102 Å². The Morgan fingerprint density at radius 1 is 0.774 bits per heavy atom. The summed E-state index contributed by atoms with van der Waals surface area (Å²) in [5, 5.41) is 114. The van der Waals surface area contributed by atoms with Crippen molar-refractivity contribution in [1.29, 1.82) is 0 Å². The van der Waals surface area contributed by atoms with Crippen molar-refractivity contribution in [3.8, 4) is 33.3 Å². The van der Waals surface area contributed by atoms with Crippen molar-refractivity contribution >= 4 is 75.7 Å². The van der Waals surface area contributed by atoms with E-state index in [2.05, 4.69) is 72.4 Å². The number of nitrogens with zero attached hydrogens (tertiary/aromatic N) is 7. The molecule has 0 unspecified atom stereocenters. The largest absolute Gasteiger partial charge is 0.504 e. The summed E-state index contributed by atoms with van der Waals surface area (Å²) in [5.74, 6) is -9.12. The van der Waals surface area contributed by atoms with Crippen molar-refractivity contribution in [2.24, 2.45) is 5.92 Å². The number of β-amino-alcohol motifs (C(OH)–C–C–N with tert-alkyl or cyclic N) is 1. The number of likely N-dealkylation sites (tertiary alicyclic amines) is 1. The quantitative estimate of drug-likeness (QED) is 0.0118. The van der Waals surface area contributed by atoms with Gasteiger partial charge in [-0.1, -0.05) is 58.7 Å². The number of aliphatic hydroxyl groups excluding tert-OH is 6. The van der Waals surface area contributed by atoms with Crippen LogP contribution >= 0.6 is 23.7 Å². The third-order valence-electron chi connectivity index (χ3n) is 20.4. The number of aliphatic hydroxyl groups is 6. The highest BCUT2D eigenvalue weighted by atomic mass is 32.2. The van der Waals surface area contributed by atoms with Gasteiger partial charge in [0.15, 0.2) is 11.5 Å². The average molecular weight is 1520 g/mol. The third-order valence-corrected chi connectivity index (χ3v) is 21.8. The van der Waals surface area contributed by atoms with E-state index in [0.29, 0.717) is 16.2 Å². The molecule has 33 nitrogen and oxygen atoms in total. The monoisotopic (exact) mass is 1520 g/mol. The molecule has 13 atom stereocenters. The number of anilines is 1. The van der Waals surface area contributed by atoms with Crippen molar-refractivity contribution in [2.45, 2.75) is 176 Å². The normalized spacial score (nSPS) is 25.8. The van der Waals surface area contributed by atoms with E-state index >= 15 is 9.59 Å². The zero-order valence-corrected chi connectivity index (χ0v) is 61.7. The van der Waals surface area contributed by atoms with E-state index in [0.717, 1.165) is 134 Å². The molecule has 0 aliphatic carbocycles. The van der Waals surface area contributed by atoms with Gasteiger partial charge in [-0.2, -0.15) is 5.10 Å². The maximum absolute atomic E-state index is 15.2. The van der Waals surface area contributed by atoms with Crippen LogP contribution in [0.5, 0.6) is 11.5 Å². The number of piperidine rings is 2. The van der Waals surface area contributed by atoms with E-state index in [4.69, 9.17) is 29.0 Å². The smallest absolute Gasteiger partial charge is 0.261 e. The fourth-order valence-electron chi connectivity index (χ4n) is 14.2. The summed E-state index contributed by atoms with van der Waals surface area (Å²) in [4.78, 5) is 113. The lowest BCUT2D eigenvalue weighted by Crippen LogP contribution is -2.64. The van der Waals surface area contributed by atoms with Crippen LogP contribution in [0.1, 0.15) is 100 Å². The number of nitrogens with one attached hydrogen (secondary N) is 6. The number of carbonyl (C=O) groups is 7. The van der Waals surface area contributed by atoms with Gasteiger partial charge < -0.3 is 100 Å². The first kappa shape index (κ1) is 80.8. The van der Waals surface area contributed by atoms with Gasteiger partial charge in [-0.25, -0.2) is 14.8 Å². The molecular weight excluding hydrogens is 1420 g/mol. The average Bonchev–Trinajstić information content (AvgIpc) is 1.64. The molecule has 5 saturated heterocycles. The Kier molecular flexibility index (Phi) is 28.5. The van der Waals surface area contributed by atoms with Crippen LogP contribution in [0.4, 0.5) is 5.69 Å². The van der Waals surface area contributed by atoms with E-state index < -0.39 is 158 Å². The molecule has 7 amide bonds. The first-order valence-electron chi connectivity index (χ1n) is 36.1. The molecule has 5 aliphatic rings. The fraction of sp³-hybridized carbons (Fsp3) is 0.592. The van der Waals surface area contributed by atoms with Crippen LogP contribution in [-0.2, 0) is 54.0 Å². The summed E-state index contributed by atoms with van der Waals surface area (Å²) in [6.45, 7) is 6.42. The Bertz CT molecular complexity index is 3750. The second-order valence-corrected chi connectivity index (χ2v) is 30.2. The molecular formula is C71H100N13O20S2+. The number of hydrogen-bond donors (Lipinski definition) is 14.